The number of methoxy groups -OCH3 is 1. The molecule has 0 saturated carbocycles. The number of hydrogen-bond acceptors (Lipinski definition) is 4. The number of hydrazone groups is 1. The van der Waals surface area contributed by atoms with Crippen molar-refractivity contribution < 1.29 is 13.9 Å². The fourth-order valence-electron chi connectivity index (χ4n) is 1.79. The van der Waals surface area contributed by atoms with Crippen molar-refractivity contribution in [3.8, 4) is 5.75 Å². The van der Waals surface area contributed by atoms with Crippen molar-refractivity contribution in [3.63, 3.8) is 0 Å². The van der Waals surface area contributed by atoms with Crippen LogP contribution in [0.1, 0.15) is 5.56 Å². The molecule has 1 amide bonds. The maximum absolute atomic E-state index is 13.5. The average Bonchev–Trinajstić information content (AvgIpc) is 2.56. The Morgan fingerprint density at radius 3 is 2.91 bits per heavy atom. The van der Waals surface area contributed by atoms with Crippen molar-refractivity contribution in [2.24, 2.45) is 5.10 Å². The number of carbonyl (C=O) groups excluding carboxylic acids is 1. The molecule has 0 aliphatic carbocycles. The van der Waals surface area contributed by atoms with E-state index in [2.05, 4.69) is 31.8 Å². The molecule has 0 spiro atoms. The van der Waals surface area contributed by atoms with Crippen molar-refractivity contribution in [2.45, 2.75) is 0 Å². The van der Waals surface area contributed by atoms with E-state index in [1.165, 1.54) is 12.3 Å². The number of halogens is 2. The lowest BCUT2D eigenvalue weighted by atomic mass is 10.2. The third-order valence-electron chi connectivity index (χ3n) is 2.90. The maximum Gasteiger partial charge on any atom is 0.259 e. The smallest absolute Gasteiger partial charge is 0.259 e. The Balaban J connectivity index is 1.88. The standard InChI is InChI=1S/C16H15BrFN3O2/c1-23-15-5-3-2-4-14(15)19-10-16(22)21-20-9-11-8-12(17)6-7-13(11)18/h2-9,19H,10H2,1H3,(H,21,22)/b20-9-. The van der Waals surface area contributed by atoms with E-state index in [0.717, 1.165) is 4.47 Å². The number of hydrogen-bond donors (Lipinski definition) is 2. The number of ether oxygens (including phenoxy) is 1. The quantitative estimate of drug-likeness (QED) is 0.598. The largest absolute Gasteiger partial charge is 0.495 e. The SMILES string of the molecule is COc1ccccc1NCC(=O)N/N=C\c1cc(Br)ccc1F. The molecule has 2 aromatic carbocycles. The summed E-state index contributed by atoms with van der Waals surface area (Å²) in [7, 11) is 1.55. The Morgan fingerprint density at radius 2 is 2.13 bits per heavy atom. The van der Waals surface area contributed by atoms with Crippen LogP contribution in [0.2, 0.25) is 0 Å². The summed E-state index contributed by atoms with van der Waals surface area (Å²) in [6.45, 7) is 0.0126. The van der Waals surface area contributed by atoms with Gasteiger partial charge in [-0.1, -0.05) is 28.1 Å². The molecule has 0 fully saturated rings. The lowest BCUT2D eigenvalue weighted by Gasteiger charge is -2.09. The van der Waals surface area contributed by atoms with Gasteiger partial charge in [-0.15, -0.1) is 0 Å². The monoisotopic (exact) mass is 379 g/mol. The van der Waals surface area contributed by atoms with E-state index in [1.807, 2.05) is 12.1 Å². The molecule has 2 N–H and O–H groups in total. The van der Waals surface area contributed by atoms with Gasteiger partial charge < -0.3 is 10.1 Å². The lowest BCUT2D eigenvalue weighted by molar-refractivity contribution is -0.119. The second kappa shape index (κ2) is 8.28. The Bertz CT molecular complexity index is 722. The molecule has 0 radical (unpaired) electrons. The molecule has 23 heavy (non-hydrogen) atoms. The number of anilines is 1. The molecule has 0 bridgehead atoms. The van der Waals surface area contributed by atoms with E-state index in [0.29, 0.717) is 11.4 Å². The number of carbonyl (C=O) groups is 1. The normalized spacial score (nSPS) is 10.6. The van der Waals surface area contributed by atoms with Gasteiger partial charge in [0.1, 0.15) is 11.6 Å². The summed E-state index contributed by atoms with van der Waals surface area (Å²) in [5, 5.41) is 6.68. The minimum absolute atomic E-state index is 0.0126. The van der Waals surface area contributed by atoms with E-state index in [4.69, 9.17) is 4.74 Å². The third-order valence-corrected chi connectivity index (χ3v) is 3.39. The summed E-state index contributed by atoms with van der Waals surface area (Å²) in [6.07, 6.45) is 1.25. The fraction of sp³-hybridized carbons (Fsp3) is 0.125. The summed E-state index contributed by atoms with van der Waals surface area (Å²) >= 11 is 3.24. The highest BCUT2D eigenvalue weighted by atomic mass is 79.9. The first kappa shape index (κ1) is 17.0. The number of nitrogens with one attached hydrogen (secondary N) is 2. The molecule has 2 aromatic rings. The number of rotatable bonds is 6. The second-order valence-electron chi connectivity index (χ2n) is 4.51. The molecule has 7 heteroatoms. The van der Waals surface area contributed by atoms with Crippen LogP contribution in [0.15, 0.2) is 52.0 Å². The minimum Gasteiger partial charge on any atom is -0.495 e. The van der Waals surface area contributed by atoms with E-state index >= 15 is 0 Å². The Labute approximate surface area is 141 Å². The maximum atomic E-state index is 13.5. The summed E-state index contributed by atoms with van der Waals surface area (Å²) < 4.78 is 19.4. The van der Waals surface area contributed by atoms with Crippen molar-refractivity contribution in [2.75, 3.05) is 19.0 Å². The van der Waals surface area contributed by atoms with Crippen molar-refractivity contribution >= 4 is 33.7 Å². The number of benzene rings is 2. The van der Waals surface area contributed by atoms with Gasteiger partial charge in [0, 0.05) is 10.0 Å². The highest BCUT2D eigenvalue weighted by molar-refractivity contribution is 9.10. The van der Waals surface area contributed by atoms with Gasteiger partial charge in [-0.05, 0) is 30.3 Å². The molecule has 2 rings (SSSR count). The van der Waals surface area contributed by atoms with Crippen molar-refractivity contribution in [1.82, 2.24) is 5.43 Å². The minimum atomic E-state index is -0.418. The predicted octanol–water partition coefficient (Wildman–Crippen LogP) is 3.16. The van der Waals surface area contributed by atoms with E-state index in [1.54, 1.807) is 31.4 Å². The second-order valence-corrected chi connectivity index (χ2v) is 5.43. The molecule has 0 saturated heterocycles. The van der Waals surface area contributed by atoms with Gasteiger partial charge >= 0.3 is 0 Å². The molecular weight excluding hydrogens is 365 g/mol. The summed E-state index contributed by atoms with van der Waals surface area (Å²) in [6, 6.07) is 11.7. The molecule has 0 aromatic heterocycles. The first-order valence-corrected chi connectivity index (χ1v) is 7.53. The van der Waals surface area contributed by atoms with Crippen LogP contribution >= 0.6 is 15.9 Å². The Morgan fingerprint density at radius 1 is 1.35 bits per heavy atom. The van der Waals surface area contributed by atoms with E-state index in [9.17, 15) is 9.18 Å². The summed E-state index contributed by atoms with van der Waals surface area (Å²) in [4.78, 5) is 11.7. The van der Waals surface area contributed by atoms with Crippen LogP contribution in [-0.4, -0.2) is 25.8 Å². The van der Waals surface area contributed by atoms with Crippen LogP contribution in [0.4, 0.5) is 10.1 Å². The molecular formula is C16H15BrFN3O2. The summed E-state index contributed by atoms with van der Waals surface area (Å²) in [5.41, 5.74) is 3.31. The zero-order chi connectivity index (χ0) is 16.7. The summed E-state index contributed by atoms with van der Waals surface area (Å²) in [5.74, 6) is -0.138. The average molecular weight is 380 g/mol. The van der Waals surface area contributed by atoms with E-state index < -0.39 is 5.82 Å². The first-order valence-electron chi connectivity index (χ1n) is 6.74. The van der Waals surface area contributed by atoms with Crippen molar-refractivity contribution in [1.29, 1.82) is 0 Å². The van der Waals surface area contributed by atoms with Crippen LogP contribution in [0.3, 0.4) is 0 Å². The van der Waals surface area contributed by atoms with Crippen LogP contribution < -0.4 is 15.5 Å². The molecule has 0 aliphatic rings. The van der Waals surface area contributed by atoms with Crippen LogP contribution in [0, 0.1) is 5.82 Å². The number of nitrogens with zero attached hydrogens (tertiary/aromatic N) is 1. The predicted molar refractivity (Wildman–Crippen MR) is 91.3 cm³/mol. The highest BCUT2D eigenvalue weighted by Gasteiger charge is 2.04. The van der Waals surface area contributed by atoms with Crippen LogP contribution in [-0.2, 0) is 4.79 Å². The number of para-hydroxylation sites is 2. The van der Waals surface area contributed by atoms with Gasteiger partial charge in [0.05, 0.1) is 25.6 Å². The third kappa shape index (κ3) is 5.07. The lowest BCUT2D eigenvalue weighted by Crippen LogP contribution is -2.26. The fourth-order valence-corrected chi connectivity index (χ4v) is 2.17. The van der Waals surface area contributed by atoms with Gasteiger partial charge in [0.15, 0.2) is 0 Å². The topological polar surface area (TPSA) is 62.7 Å². The first-order chi connectivity index (χ1) is 11.1. The number of amides is 1. The molecule has 120 valence electrons. The highest BCUT2D eigenvalue weighted by Crippen LogP contribution is 2.22. The van der Waals surface area contributed by atoms with Crippen molar-refractivity contribution in [3.05, 3.63) is 58.3 Å². The molecule has 0 aliphatic heterocycles. The van der Waals surface area contributed by atoms with Gasteiger partial charge in [-0.25, -0.2) is 9.82 Å². The Kier molecular flexibility index (Phi) is 6.10. The van der Waals surface area contributed by atoms with Crippen LogP contribution in [0.25, 0.3) is 0 Å². The molecule has 0 atom stereocenters. The van der Waals surface area contributed by atoms with Gasteiger partial charge in [-0.3, -0.25) is 4.79 Å². The molecule has 0 heterocycles. The van der Waals surface area contributed by atoms with E-state index in [-0.39, 0.29) is 18.0 Å². The molecule has 5 nitrogen and oxygen atoms in total. The van der Waals surface area contributed by atoms with Gasteiger partial charge in [0.2, 0.25) is 0 Å². The zero-order valence-corrected chi connectivity index (χ0v) is 13.9. The van der Waals surface area contributed by atoms with Crippen LogP contribution in [0.5, 0.6) is 5.75 Å². The zero-order valence-electron chi connectivity index (χ0n) is 12.3. The van der Waals surface area contributed by atoms with Gasteiger partial charge in [-0.2, -0.15) is 5.10 Å². The Hall–Kier alpha value is -2.41. The molecule has 0 unspecified atom stereocenters. The van der Waals surface area contributed by atoms with Gasteiger partial charge in [0.25, 0.3) is 5.91 Å².